The van der Waals surface area contributed by atoms with Crippen molar-refractivity contribution in [3.8, 4) is 17.2 Å². The molecule has 0 aliphatic heterocycles. The van der Waals surface area contributed by atoms with Crippen LogP contribution in [0.1, 0.15) is 17.0 Å². The van der Waals surface area contributed by atoms with Crippen LogP contribution in [0, 0.1) is 13.8 Å². The molecule has 7 nitrogen and oxygen atoms in total. The summed E-state index contributed by atoms with van der Waals surface area (Å²) in [6, 6.07) is 25.6. The molecule has 4 rings (SSSR count). The van der Waals surface area contributed by atoms with Crippen molar-refractivity contribution in [2.75, 3.05) is 24.9 Å². The molecule has 0 aliphatic rings. The third-order valence-electron chi connectivity index (χ3n) is 5.95. The number of nitrogens with one attached hydrogen (secondary N) is 2. The molecule has 1 heterocycles. The predicted molar refractivity (Wildman–Crippen MR) is 146 cm³/mol. The van der Waals surface area contributed by atoms with Gasteiger partial charge < -0.3 is 24.7 Å². The first kappa shape index (κ1) is 25.3. The fraction of sp³-hybridized carbons (Fsp3) is 0.133. The number of aromatic nitrogens is 1. The van der Waals surface area contributed by atoms with E-state index in [-0.39, 0.29) is 5.57 Å². The Morgan fingerprint density at radius 3 is 1.84 bits per heavy atom. The number of nitrogens with zero attached hydrogens (tertiary/aromatic N) is 1. The SMILES string of the molecule is COc1ccc(OC)c(-n2c(C)cc(C=C(C(=O)Nc3ccccc3)C(=O)Nc3ccccc3)c2C)c1. The summed E-state index contributed by atoms with van der Waals surface area (Å²) >= 11 is 0. The summed E-state index contributed by atoms with van der Waals surface area (Å²) in [6.45, 7) is 3.89. The number of aryl methyl sites for hydroxylation is 1. The number of anilines is 2. The van der Waals surface area contributed by atoms with E-state index in [1.54, 1.807) is 44.6 Å². The lowest BCUT2D eigenvalue weighted by Gasteiger charge is -2.15. The van der Waals surface area contributed by atoms with Crippen LogP contribution in [-0.2, 0) is 9.59 Å². The van der Waals surface area contributed by atoms with Crippen LogP contribution in [-0.4, -0.2) is 30.6 Å². The van der Waals surface area contributed by atoms with Gasteiger partial charge in [-0.15, -0.1) is 0 Å². The zero-order chi connectivity index (χ0) is 26.4. The van der Waals surface area contributed by atoms with Gasteiger partial charge >= 0.3 is 0 Å². The molecule has 0 bridgehead atoms. The van der Waals surface area contributed by atoms with E-state index in [0.29, 0.717) is 22.9 Å². The van der Waals surface area contributed by atoms with Gasteiger partial charge in [0.1, 0.15) is 17.1 Å². The third-order valence-corrected chi connectivity index (χ3v) is 5.95. The Balaban J connectivity index is 1.77. The molecule has 0 fully saturated rings. The van der Waals surface area contributed by atoms with Crippen LogP contribution >= 0.6 is 0 Å². The quantitative estimate of drug-likeness (QED) is 0.185. The Morgan fingerprint density at radius 1 is 0.757 bits per heavy atom. The molecule has 4 aromatic rings. The smallest absolute Gasteiger partial charge is 0.261 e. The molecular weight excluding hydrogens is 466 g/mol. The Hall–Kier alpha value is -4.78. The molecular formula is C30H29N3O4. The van der Waals surface area contributed by atoms with E-state index >= 15 is 0 Å². The molecule has 0 saturated carbocycles. The molecule has 0 saturated heterocycles. The number of ether oxygens (including phenoxy) is 2. The monoisotopic (exact) mass is 495 g/mol. The van der Waals surface area contributed by atoms with E-state index in [0.717, 1.165) is 22.6 Å². The molecule has 2 N–H and O–H groups in total. The highest BCUT2D eigenvalue weighted by Crippen LogP contribution is 2.32. The summed E-state index contributed by atoms with van der Waals surface area (Å²) in [4.78, 5) is 26.6. The zero-order valence-corrected chi connectivity index (χ0v) is 21.2. The third kappa shape index (κ3) is 5.73. The summed E-state index contributed by atoms with van der Waals surface area (Å²) in [5, 5.41) is 5.65. The van der Waals surface area contributed by atoms with E-state index in [2.05, 4.69) is 10.6 Å². The maximum atomic E-state index is 13.3. The van der Waals surface area contributed by atoms with Gasteiger partial charge in [0.15, 0.2) is 0 Å². The van der Waals surface area contributed by atoms with Crippen LogP contribution in [0.3, 0.4) is 0 Å². The van der Waals surface area contributed by atoms with Gasteiger partial charge in [-0.1, -0.05) is 36.4 Å². The van der Waals surface area contributed by atoms with Crippen LogP contribution in [0.15, 0.2) is 90.5 Å². The molecule has 37 heavy (non-hydrogen) atoms. The summed E-state index contributed by atoms with van der Waals surface area (Å²) in [6.07, 6.45) is 1.61. The van der Waals surface area contributed by atoms with Gasteiger partial charge in [0.05, 0.1) is 19.9 Å². The second kappa shape index (κ2) is 11.3. The zero-order valence-electron chi connectivity index (χ0n) is 21.2. The second-order valence-electron chi connectivity index (χ2n) is 8.40. The summed E-state index contributed by atoms with van der Waals surface area (Å²) in [5.74, 6) is 0.333. The number of benzene rings is 3. The maximum absolute atomic E-state index is 13.3. The topological polar surface area (TPSA) is 81.6 Å². The van der Waals surface area contributed by atoms with Crippen LogP contribution in [0.5, 0.6) is 11.5 Å². The van der Waals surface area contributed by atoms with Gasteiger partial charge in [-0.05, 0) is 68.0 Å². The van der Waals surface area contributed by atoms with Crippen molar-refractivity contribution in [3.05, 3.63) is 107 Å². The van der Waals surface area contributed by atoms with Gasteiger partial charge in [-0.2, -0.15) is 0 Å². The number of carbonyl (C=O) groups is 2. The summed E-state index contributed by atoms with van der Waals surface area (Å²) < 4.78 is 13.0. The number of rotatable bonds is 8. The Bertz CT molecular complexity index is 1390. The van der Waals surface area contributed by atoms with Crippen LogP contribution in [0.4, 0.5) is 11.4 Å². The van der Waals surface area contributed by atoms with E-state index in [9.17, 15) is 9.59 Å². The lowest BCUT2D eigenvalue weighted by atomic mass is 10.1. The largest absolute Gasteiger partial charge is 0.497 e. The molecule has 188 valence electrons. The molecule has 7 heteroatoms. The first-order valence-corrected chi connectivity index (χ1v) is 11.8. The van der Waals surface area contributed by atoms with E-state index < -0.39 is 11.8 Å². The highest BCUT2D eigenvalue weighted by atomic mass is 16.5. The standard InChI is InChI=1S/C30H29N3O4/c1-20-17-22(21(2)33(20)27-19-25(36-3)15-16-28(27)37-4)18-26(29(34)31-23-11-7-5-8-12-23)30(35)32-24-13-9-6-10-14-24/h5-19H,1-4H3,(H,31,34)(H,32,35). The van der Waals surface area contributed by atoms with E-state index in [1.165, 1.54) is 0 Å². The Labute approximate surface area is 216 Å². The van der Waals surface area contributed by atoms with Gasteiger partial charge in [0, 0.05) is 28.8 Å². The fourth-order valence-corrected chi connectivity index (χ4v) is 4.11. The molecule has 3 aromatic carbocycles. The fourth-order valence-electron chi connectivity index (χ4n) is 4.11. The Morgan fingerprint density at radius 2 is 1.32 bits per heavy atom. The number of hydrogen-bond acceptors (Lipinski definition) is 4. The number of hydrogen-bond donors (Lipinski definition) is 2. The van der Waals surface area contributed by atoms with Gasteiger partial charge in [0.2, 0.25) is 0 Å². The first-order valence-electron chi connectivity index (χ1n) is 11.8. The van der Waals surface area contributed by atoms with Crippen molar-refractivity contribution in [1.82, 2.24) is 4.57 Å². The van der Waals surface area contributed by atoms with Crippen molar-refractivity contribution in [2.45, 2.75) is 13.8 Å². The molecule has 0 radical (unpaired) electrons. The molecule has 0 aliphatic carbocycles. The second-order valence-corrected chi connectivity index (χ2v) is 8.40. The molecule has 0 atom stereocenters. The number of para-hydroxylation sites is 2. The van der Waals surface area contributed by atoms with Crippen molar-refractivity contribution in [2.24, 2.45) is 0 Å². The highest BCUT2D eigenvalue weighted by molar-refractivity contribution is 6.28. The van der Waals surface area contributed by atoms with Crippen LogP contribution in [0.2, 0.25) is 0 Å². The van der Waals surface area contributed by atoms with E-state index in [4.69, 9.17) is 9.47 Å². The summed E-state index contributed by atoms with van der Waals surface area (Å²) in [7, 11) is 3.22. The van der Waals surface area contributed by atoms with Crippen molar-refractivity contribution in [1.29, 1.82) is 0 Å². The molecule has 1 aromatic heterocycles. The number of amides is 2. The Kier molecular flexibility index (Phi) is 7.74. The lowest BCUT2D eigenvalue weighted by molar-refractivity contribution is -0.118. The number of carbonyl (C=O) groups excluding carboxylic acids is 2. The minimum absolute atomic E-state index is 0.0226. The van der Waals surface area contributed by atoms with Gasteiger partial charge in [-0.3, -0.25) is 9.59 Å². The van der Waals surface area contributed by atoms with Crippen molar-refractivity contribution < 1.29 is 19.1 Å². The number of methoxy groups -OCH3 is 2. The lowest BCUT2D eigenvalue weighted by Crippen LogP contribution is -2.25. The van der Waals surface area contributed by atoms with Crippen LogP contribution < -0.4 is 20.1 Å². The first-order chi connectivity index (χ1) is 17.9. The normalized spacial score (nSPS) is 10.4. The summed E-state index contributed by atoms with van der Waals surface area (Å²) in [5.41, 5.74) is 4.42. The van der Waals surface area contributed by atoms with Gasteiger partial charge in [-0.25, -0.2) is 0 Å². The average Bonchev–Trinajstić information content (AvgIpc) is 3.19. The maximum Gasteiger partial charge on any atom is 0.261 e. The molecule has 0 unspecified atom stereocenters. The average molecular weight is 496 g/mol. The van der Waals surface area contributed by atoms with Crippen molar-refractivity contribution >= 4 is 29.3 Å². The van der Waals surface area contributed by atoms with Crippen molar-refractivity contribution in [3.63, 3.8) is 0 Å². The predicted octanol–water partition coefficient (Wildman–Crippen LogP) is 5.77. The van der Waals surface area contributed by atoms with E-state index in [1.807, 2.05) is 79.1 Å². The molecule has 2 amide bonds. The highest BCUT2D eigenvalue weighted by Gasteiger charge is 2.21. The minimum Gasteiger partial charge on any atom is -0.497 e. The van der Waals surface area contributed by atoms with Gasteiger partial charge in [0.25, 0.3) is 11.8 Å². The molecule has 0 spiro atoms. The van der Waals surface area contributed by atoms with Crippen LogP contribution in [0.25, 0.3) is 11.8 Å². The minimum atomic E-state index is -0.511.